The van der Waals surface area contributed by atoms with Crippen LogP contribution < -0.4 is 4.74 Å². The zero-order chi connectivity index (χ0) is 33.8. The van der Waals surface area contributed by atoms with Crippen LogP contribution in [0.4, 0.5) is 0 Å². The molecule has 0 radical (unpaired) electrons. The molecule has 4 rings (SSSR count). The lowest BCUT2D eigenvalue weighted by Crippen LogP contribution is -2.25. The van der Waals surface area contributed by atoms with Crippen LogP contribution in [0.1, 0.15) is 197 Å². The van der Waals surface area contributed by atoms with Crippen molar-refractivity contribution in [2.75, 3.05) is 0 Å². The number of unbranched alkanes of at least 4 members (excludes halogenated alkanes) is 11. The Kier molecular flexibility index (Phi) is 18.5. The molecular formula is C46H74O2. The van der Waals surface area contributed by atoms with Gasteiger partial charge < -0.3 is 4.74 Å². The first kappa shape index (κ1) is 39.0. The van der Waals surface area contributed by atoms with Crippen LogP contribution in [0.3, 0.4) is 0 Å². The third-order valence-corrected chi connectivity index (χ3v) is 12.7. The number of benzene rings is 1. The fourth-order valence-electron chi connectivity index (χ4n) is 9.41. The average Bonchev–Trinajstić information content (AvgIpc) is 3.11. The second-order valence-electron chi connectivity index (χ2n) is 16.5. The molecule has 0 saturated heterocycles. The zero-order valence-corrected chi connectivity index (χ0v) is 31.5. The van der Waals surface area contributed by atoms with Crippen molar-refractivity contribution in [1.82, 2.24) is 0 Å². The van der Waals surface area contributed by atoms with Crippen LogP contribution >= 0.6 is 0 Å². The Hall–Kier alpha value is -1.83. The van der Waals surface area contributed by atoms with E-state index in [0.29, 0.717) is 12.3 Å². The molecule has 0 amide bonds. The van der Waals surface area contributed by atoms with Crippen LogP contribution in [-0.2, 0) is 4.79 Å². The van der Waals surface area contributed by atoms with Gasteiger partial charge in [0.2, 0.25) is 0 Å². The van der Waals surface area contributed by atoms with Gasteiger partial charge in [0.1, 0.15) is 5.75 Å². The third kappa shape index (κ3) is 14.2. The van der Waals surface area contributed by atoms with Gasteiger partial charge in [-0.05, 0) is 143 Å². The molecule has 0 aromatic heterocycles. The number of hydrogen-bond donors (Lipinski definition) is 0. The molecule has 0 unspecified atom stereocenters. The zero-order valence-electron chi connectivity index (χ0n) is 31.5. The maximum atomic E-state index is 12.3. The van der Waals surface area contributed by atoms with Crippen molar-refractivity contribution in [2.45, 2.75) is 193 Å². The lowest BCUT2D eigenvalue weighted by atomic mass is 9.68. The van der Waals surface area contributed by atoms with Crippen molar-refractivity contribution < 1.29 is 9.53 Å². The standard InChI is InChI=1S/C46H74O2/c1-4-6-8-10-11-12-13-15-16-18-38-22-28-41(29-23-38)42-30-24-39(25-31-42)20-21-40-26-32-43(33-27-40)44-34-35-45(37(3)36-44)48-46(47)19-17-14-9-7-5-2/h5,20-21,34-36,38-43H,2,4,6-19,22-33H2,1,3H3. The first-order chi connectivity index (χ1) is 23.6. The Morgan fingerprint density at radius 3 is 1.88 bits per heavy atom. The van der Waals surface area contributed by atoms with E-state index in [-0.39, 0.29) is 5.97 Å². The molecule has 1 aromatic carbocycles. The second-order valence-corrected chi connectivity index (χ2v) is 16.5. The molecule has 0 spiro atoms. The Morgan fingerprint density at radius 1 is 0.708 bits per heavy atom. The van der Waals surface area contributed by atoms with Gasteiger partial charge in [-0.25, -0.2) is 0 Å². The molecule has 3 aliphatic carbocycles. The average molecular weight is 659 g/mol. The van der Waals surface area contributed by atoms with Crippen molar-refractivity contribution >= 4 is 5.97 Å². The van der Waals surface area contributed by atoms with E-state index in [4.69, 9.17) is 4.74 Å². The van der Waals surface area contributed by atoms with E-state index in [1.54, 1.807) is 0 Å². The third-order valence-electron chi connectivity index (χ3n) is 12.7. The highest BCUT2D eigenvalue weighted by atomic mass is 16.5. The van der Waals surface area contributed by atoms with Crippen LogP contribution in [0, 0.1) is 36.5 Å². The molecule has 48 heavy (non-hydrogen) atoms. The Balaban J connectivity index is 1.05. The maximum Gasteiger partial charge on any atom is 0.311 e. The highest BCUT2D eigenvalue weighted by Crippen LogP contribution is 2.43. The predicted octanol–water partition coefficient (Wildman–Crippen LogP) is 14.4. The lowest BCUT2D eigenvalue weighted by molar-refractivity contribution is -0.134. The van der Waals surface area contributed by atoms with Crippen LogP contribution in [0.5, 0.6) is 5.75 Å². The van der Waals surface area contributed by atoms with Gasteiger partial charge in [-0.1, -0.05) is 121 Å². The molecule has 3 saturated carbocycles. The number of esters is 1. The van der Waals surface area contributed by atoms with E-state index in [9.17, 15) is 4.79 Å². The monoisotopic (exact) mass is 659 g/mol. The summed E-state index contributed by atoms with van der Waals surface area (Å²) in [4.78, 5) is 12.3. The highest BCUT2D eigenvalue weighted by molar-refractivity contribution is 5.72. The minimum Gasteiger partial charge on any atom is -0.426 e. The van der Waals surface area contributed by atoms with Gasteiger partial charge in [0.15, 0.2) is 0 Å². The molecule has 0 N–H and O–H groups in total. The minimum atomic E-state index is -0.104. The number of carbonyl (C=O) groups excluding carboxylic acids is 1. The summed E-state index contributed by atoms with van der Waals surface area (Å²) >= 11 is 0. The normalized spacial score (nSPS) is 26.5. The van der Waals surface area contributed by atoms with E-state index in [1.807, 2.05) is 12.1 Å². The molecule has 3 aliphatic rings. The summed E-state index contributed by atoms with van der Waals surface area (Å²) in [6, 6.07) is 6.52. The molecule has 270 valence electrons. The molecule has 2 nitrogen and oxygen atoms in total. The number of rotatable bonds is 21. The molecular weight excluding hydrogens is 585 g/mol. The summed E-state index contributed by atoms with van der Waals surface area (Å²) in [7, 11) is 0. The van der Waals surface area contributed by atoms with Gasteiger partial charge in [-0.2, -0.15) is 0 Å². The molecule has 2 heteroatoms. The van der Waals surface area contributed by atoms with Crippen LogP contribution in [0.2, 0.25) is 0 Å². The number of carbonyl (C=O) groups is 1. The maximum absolute atomic E-state index is 12.3. The predicted molar refractivity (Wildman–Crippen MR) is 207 cm³/mol. The number of allylic oxidation sites excluding steroid dienone is 3. The molecule has 0 heterocycles. The highest BCUT2D eigenvalue weighted by Gasteiger charge is 2.30. The fourth-order valence-corrected chi connectivity index (χ4v) is 9.41. The first-order valence-electron chi connectivity index (χ1n) is 21.2. The smallest absolute Gasteiger partial charge is 0.311 e. The summed E-state index contributed by atoms with van der Waals surface area (Å²) in [6.45, 7) is 8.16. The summed E-state index contributed by atoms with van der Waals surface area (Å²) in [5, 5.41) is 0. The van der Waals surface area contributed by atoms with Crippen molar-refractivity contribution in [3.63, 3.8) is 0 Å². The van der Waals surface area contributed by atoms with E-state index in [1.165, 1.54) is 147 Å². The minimum absolute atomic E-state index is 0.104. The summed E-state index contributed by atoms with van der Waals surface area (Å²) in [5.41, 5.74) is 2.52. The van der Waals surface area contributed by atoms with E-state index < -0.39 is 0 Å². The molecule has 0 aliphatic heterocycles. The molecule has 0 bridgehead atoms. The van der Waals surface area contributed by atoms with Gasteiger partial charge in [0.05, 0.1) is 0 Å². The van der Waals surface area contributed by atoms with Crippen molar-refractivity contribution in [1.29, 1.82) is 0 Å². The van der Waals surface area contributed by atoms with Gasteiger partial charge >= 0.3 is 5.97 Å². The van der Waals surface area contributed by atoms with Gasteiger partial charge in [0, 0.05) is 6.42 Å². The summed E-state index contributed by atoms with van der Waals surface area (Å²) in [5.74, 6) is 5.95. The van der Waals surface area contributed by atoms with Crippen molar-refractivity contribution in [3.8, 4) is 5.75 Å². The first-order valence-corrected chi connectivity index (χ1v) is 21.2. The molecule has 0 atom stereocenters. The largest absolute Gasteiger partial charge is 0.426 e. The van der Waals surface area contributed by atoms with E-state index >= 15 is 0 Å². The fraction of sp³-hybridized carbons (Fsp3) is 0.761. The topological polar surface area (TPSA) is 26.3 Å². The van der Waals surface area contributed by atoms with E-state index in [0.717, 1.165) is 66.6 Å². The van der Waals surface area contributed by atoms with Crippen LogP contribution in [0.15, 0.2) is 43.0 Å². The quantitative estimate of drug-likeness (QED) is 0.0568. The molecule has 1 aromatic rings. The SMILES string of the molecule is C=CCCCCCC(=O)Oc1ccc(C2CCC(C=CC3CCC(C4CCC(CCCCCCCCCCC)CC4)CC3)CC2)cc1C. The van der Waals surface area contributed by atoms with Gasteiger partial charge in [-0.3, -0.25) is 4.79 Å². The Labute approximate surface area is 297 Å². The Morgan fingerprint density at radius 2 is 1.27 bits per heavy atom. The number of aryl methyl sites for hydroxylation is 1. The number of ether oxygens (including phenoxy) is 1. The summed E-state index contributed by atoms with van der Waals surface area (Å²) < 4.78 is 5.71. The van der Waals surface area contributed by atoms with Crippen LogP contribution in [0.25, 0.3) is 0 Å². The summed E-state index contributed by atoms with van der Waals surface area (Å²) in [6.07, 6.45) is 43.5. The second kappa shape index (κ2) is 22.8. The van der Waals surface area contributed by atoms with Crippen molar-refractivity contribution in [3.05, 3.63) is 54.1 Å². The lowest BCUT2D eigenvalue weighted by Gasteiger charge is -2.37. The van der Waals surface area contributed by atoms with Gasteiger partial charge in [-0.15, -0.1) is 6.58 Å². The van der Waals surface area contributed by atoms with E-state index in [2.05, 4.69) is 44.7 Å². The molecule has 3 fully saturated rings. The number of hydrogen-bond acceptors (Lipinski definition) is 2. The van der Waals surface area contributed by atoms with Gasteiger partial charge in [0.25, 0.3) is 0 Å². The van der Waals surface area contributed by atoms with Crippen LogP contribution in [-0.4, -0.2) is 5.97 Å². The van der Waals surface area contributed by atoms with Crippen molar-refractivity contribution in [2.24, 2.45) is 29.6 Å². The Bertz CT molecular complexity index is 1050.